The third-order valence-corrected chi connectivity index (χ3v) is 8.28. The van der Waals surface area contributed by atoms with Crippen LogP contribution in [-0.2, 0) is 26.6 Å². The van der Waals surface area contributed by atoms with Crippen molar-refractivity contribution in [2.24, 2.45) is 7.05 Å². The Kier molecular flexibility index (Phi) is 6.08. The van der Waals surface area contributed by atoms with Gasteiger partial charge in [-0.05, 0) is 55.1 Å². The molecule has 3 aliphatic rings. The molecule has 2 aromatic heterocycles. The number of nitrogens with zero attached hydrogens (tertiary/aromatic N) is 5. The summed E-state index contributed by atoms with van der Waals surface area (Å²) in [5.74, 6) is 0. The second kappa shape index (κ2) is 9.37. The second-order valence-corrected chi connectivity index (χ2v) is 10.5. The third kappa shape index (κ3) is 4.37. The number of aromatic nitrogens is 2. The molecule has 6 rings (SSSR count). The van der Waals surface area contributed by atoms with Crippen LogP contribution in [-0.4, -0.2) is 70.7 Å². The summed E-state index contributed by atoms with van der Waals surface area (Å²) in [5.41, 5.74) is 6.22. The molecule has 0 saturated carbocycles. The van der Waals surface area contributed by atoms with E-state index in [1.54, 1.807) is 23.9 Å². The molecule has 0 bridgehead atoms. The van der Waals surface area contributed by atoms with Gasteiger partial charge in [0.1, 0.15) is 5.65 Å². The zero-order valence-electron chi connectivity index (χ0n) is 20.9. The van der Waals surface area contributed by atoms with Crippen LogP contribution in [0.3, 0.4) is 0 Å². The first-order chi connectivity index (χ1) is 17.1. The van der Waals surface area contributed by atoms with Crippen molar-refractivity contribution < 1.29 is 0 Å². The standard InChI is InChI=1S/C28H36N6O/c1-20-17-33(26-15-27(35)31(2)28-25(26)4-3-9-30-28)19-24-8-11-32(12-13-34(20)24)18-21-5-6-22-7-10-29-16-23(22)14-21/h3-6,9,14-15,20,24,29H,7-8,10-13,16-19H2,1-2H3/t20-,24+/m1/s1. The summed E-state index contributed by atoms with van der Waals surface area (Å²) in [6.07, 6.45) is 4.06. The predicted molar refractivity (Wildman–Crippen MR) is 141 cm³/mol. The topological polar surface area (TPSA) is 56.6 Å². The monoisotopic (exact) mass is 472 g/mol. The number of fused-ring (bicyclic) bond motifs is 3. The van der Waals surface area contributed by atoms with Gasteiger partial charge in [0.05, 0.1) is 5.69 Å². The molecule has 0 amide bonds. The Morgan fingerprint density at radius 3 is 2.91 bits per heavy atom. The number of hydrogen-bond donors (Lipinski definition) is 1. The van der Waals surface area contributed by atoms with Gasteiger partial charge in [-0.15, -0.1) is 0 Å². The van der Waals surface area contributed by atoms with Crippen LogP contribution in [0.2, 0.25) is 0 Å². The van der Waals surface area contributed by atoms with Crippen molar-refractivity contribution in [2.45, 2.75) is 44.9 Å². The fourth-order valence-corrected chi connectivity index (χ4v) is 6.34. The van der Waals surface area contributed by atoms with Crippen LogP contribution in [0.15, 0.2) is 47.4 Å². The minimum absolute atomic E-state index is 0.00794. The maximum absolute atomic E-state index is 12.7. The maximum Gasteiger partial charge on any atom is 0.253 e. The van der Waals surface area contributed by atoms with E-state index in [2.05, 4.69) is 56.2 Å². The highest BCUT2D eigenvalue weighted by Crippen LogP contribution is 2.30. The molecule has 0 unspecified atom stereocenters. The van der Waals surface area contributed by atoms with Crippen molar-refractivity contribution in [2.75, 3.05) is 44.2 Å². The minimum Gasteiger partial charge on any atom is -0.368 e. The van der Waals surface area contributed by atoms with Crippen molar-refractivity contribution in [1.29, 1.82) is 0 Å². The Bertz CT molecular complexity index is 1290. The Morgan fingerprint density at radius 2 is 2.00 bits per heavy atom. The molecule has 3 aliphatic heterocycles. The van der Waals surface area contributed by atoms with Crippen LogP contribution in [0.1, 0.15) is 30.0 Å². The highest BCUT2D eigenvalue weighted by atomic mass is 16.1. The van der Waals surface area contributed by atoms with Gasteiger partial charge in [0, 0.05) is 82.6 Å². The number of aryl methyl sites for hydroxylation is 1. The van der Waals surface area contributed by atoms with E-state index in [-0.39, 0.29) is 5.56 Å². The summed E-state index contributed by atoms with van der Waals surface area (Å²) >= 11 is 0. The fraction of sp³-hybridized carbons (Fsp3) is 0.500. The number of hydrogen-bond acceptors (Lipinski definition) is 6. The first-order valence-corrected chi connectivity index (χ1v) is 13.1. The molecule has 2 saturated heterocycles. The fourth-order valence-electron chi connectivity index (χ4n) is 6.34. The van der Waals surface area contributed by atoms with E-state index in [0.717, 1.165) is 81.9 Å². The normalized spacial score (nSPS) is 23.7. The van der Waals surface area contributed by atoms with E-state index in [9.17, 15) is 4.79 Å². The van der Waals surface area contributed by atoms with E-state index in [1.807, 2.05) is 6.07 Å². The number of nitrogens with one attached hydrogen (secondary N) is 1. The average Bonchev–Trinajstić information content (AvgIpc) is 3.09. The second-order valence-electron chi connectivity index (χ2n) is 10.5. The molecule has 0 aliphatic carbocycles. The van der Waals surface area contributed by atoms with Gasteiger partial charge in [-0.25, -0.2) is 4.98 Å². The van der Waals surface area contributed by atoms with Crippen molar-refractivity contribution in [1.82, 2.24) is 24.7 Å². The summed E-state index contributed by atoms with van der Waals surface area (Å²) in [5, 5.41) is 4.57. The molecular formula is C28H36N6O. The molecule has 1 N–H and O–H groups in total. The summed E-state index contributed by atoms with van der Waals surface area (Å²) in [6, 6.07) is 13.9. The Hall–Kier alpha value is -2.74. The minimum atomic E-state index is 0.00794. The van der Waals surface area contributed by atoms with Crippen molar-refractivity contribution in [3.63, 3.8) is 0 Å². The SMILES string of the molecule is C[C@@H]1CN(c2cc(=O)n(C)c3ncccc23)C[C@@H]2CCN(Cc3ccc4c(c3)CNCC4)CCN21. The van der Waals surface area contributed by atoms with Crippen LogP contribution in [0.4, 0.5) is 5.69 Å². The average molecular weight is 473 g/mol. The lowest BCUT2D eigenvalue weighted by atomic mass is 9.98. The van der Waals surface area contributed by atoms with Gasteiger partial charge in [0.25, 0.3) is 5.56 Å². The molecule has 184 valence electrons. The lowest BCUT2D eigenvalue weighted by Crippen LogP contribution is -2.58. The molecular weight excluding hydrogens is 436 g/mol. The number of rotatable bonds is 3. The van der Waals surface area contributed by atoms with Crippen molar-refractivity contribution in [3.05, 3.63) is 69.6 Å². The van der Waals surface area contributed by atoms with Crippen LogP contribution in [0, 0.1) is 0 Å². The van der Waals surface area contributed by atoms with Gasteiger partial charge in [0.15, 0.2) is 0 Å². The molecule has 2 atom stereocenters. The largest absolute Gasteiger partial charge is 0.368 e. The molecule has 35 heavy (non-hydrogen) atoms. The lowest BCUT2D eigenvalue weighted by Gasteiger charge is -2.46. The van der Waals surface area contributed by atoms with Gasteiger partial charge >= 0.3 is 0 Å². The van der Waals surface area contributed by atoms with Crippen molar-refractivity contribution >= 4 is 16.7 Å². The zero-order chi connectivity index (χ0) is 23.9. The Labute approximate surface area is 207 Å². The predicted octanol–water partition coefficient (Wildman–Crippen LogP) is 2.36. The number of anilines is 1. The molecule has 3 aromatic rings. The molecule has 7 heteroatoms. The van der Waals surface area contributed by atoms with E-state index in [0.29, 0.717) is 12.1 Å². The molecule has 7 nitrogen and oxygen atoms in total. The Balaban J connectivity index is 1.19. The third-order valence-electron chi connectivity index (χ3n) is 8.28. The summed E-state index contributed by atoms with van der Waals surface area (Å²) in [7, 11) is 1.81. The summed E-state index contributed by atoms with van der Waals surface area (Å²) < 4.78 is 1.65. The quantitative estimate of drug-likeness (QED) is 0.632. The van der Waals surface area contributed by atoms with Gasteiger partial charge in [-0.3, -0.25) is 19.2 Å². The van der Waals surface area contributed by atoms with Crippen LogP contribution in [0.5, 0.6) is 0 Å². The number of benzene rings is 1. The smallest absolute Gasteiger partial charge is 0.253 e. The van der Waals surface area contributed by atoms with Gasteiger partial charge in [0.2, 0.25) is 0 Å². The van der Waals surface area contributed by atoms with Gasteiger partial charge in [-0.2, -0.15) is 0 Å². The summed E-state index contributed by atoms with van der Waals surface area (Å²) in [4.78, 5) is 25.0. The van der Waals surface area contributed by atoms with Crippen LogP contribution in [0.25, 0.3) is 11.0 Å². The Morgan fingerprint density at radius 1 is 1.09 bits per heavy atom. The lowest BCUT2D eigenvalue weighted by molar-refractivity contribution is 0.127. The van der Waals surface area contributed by atoms with Gasteiger partial charge < -0.3 is 10.2 Å². The van der Waals surface area contributed by atoms with Crippen LogP contribution < -0.4 is 15.8 Å². The maximum atomic E-state index is 12.7. The van der Waals surface area contributed by atoms with Gasteiger partial charge in [-0.1, -0.05) is 18.2 Å². The summed E-state index contributed by atoms with van der Waals surface area (Å²) in [6.45, 7) is 10.7. The molecule has 2 fully saturated rings. The molecule has 0 spiro atoms. The highest BCUT2D eigenvalue weighted by molar-refractivity contribution is 5.89. The van der Waals surface area contributed by atoms with E-state index in [4.69, 9.17) is 0 Å². The highest BCUT2D eigenvalue weighted by Gasteiger charge is 2.35. The van der Waals surface area contributed by atoms with E-state index >= 15 is 0 Å². The molecule has 5 heterocycles. The molecule has 1 aromatic carbocycles. The zero-order valence-corrected chi connectivity index (χ0v) is 20.9. The first-order valence-electron chi connectivity index (χ1n) is 13.1. The first kappa shape index (κ1) is 22.7. The van der Waals surface area contributed by atoms with Crippen LogP contribution >= 0.6 is 0 Å². The molecule has 0 radical (unpaired) electrons. The van der Waals surface area contributed by atoms with E-state index < -0.39 is 0 Å². The number of piperazine rings is 1. The van der Waals surface area contributed by atoms with E-state index in [1.165, 1.54) is 16.7 Å². The number of pyridine rings is 2. The van der Waals surface area contributed by atoms with Crippen molar-refractivity contribution in [3.8, 4) is 0 Å².